The first-order valence-corrected chi connectivity index (χ1v) is 11.0. The molecular formula is C24H25F5N2O6. The predicted molar refractivity (Wildman–Crippen MR) is 120 cm³/mol. The Balaban J connectivity index is 2.05. The number of nitrogens with one attached hydrogen (secondary N) is 2. The van der Waals surface area contributed by atoms with Crippen LogP contribution < -0.4 is 20.1 Å². The van der Waals surface area contributed by atoms with Gasteiger partial charge < -0.3 is 24.8 Å². The number of hydrogen-bond acceptors (Lipinski definition) is 6. The van der Waals surface area contributed by atoms with Crippen LogP contribution in [0.3, 0.4) is 0 Å². The molecule has 0 aromatic heterocycles. The lowest BCUT2D eigenvalue weighted by Crippen LogP contribution is -2.48. The number of rotatable bonds is 13. The molecule has 0 aliphatic rings. The largest absolute Gasteiger partial charge is 0.493 e. The molecule has 2 amide bonds. The molecule has 0 aliphatic heterocycles. The minimum absolute atomic E-state index is 0.0151. The van der Waals surface area contributed by atoms with Crippen molar-refractivity contribution in [2.75, 3.05) is 19.8 Å². The fraction of sp³-hybridized carbons (Fsp3) is 0.375. The van der Waals surface area contributed by atoms with Gasteiger partial charge in [-0.1, -0.05) is 12.1 Å². The molecular weight excluding hydrogens is 507 g/mol. The molecule has 0 aliphatic carbocycles. The van der Waals surface area contributed by atoms with Gasteiger partial charge in [-0.25, -0.2) is 0 Å². The van der Waals surface area contributed by atoms with Crippen molar-refractivity contribution in [3.63, 3.8) is 0 Å². The van der Waals surface area contributed by atoms with Crippen LogP contribution in [0.15, 0.2) is 48.5 Å². The van der Waals surface area contributed by atoms with E-state index in [-0.39, 0.29) is 36.6 Å². The van der Waals surface area contributed by atoms with E-state index in [1.165, 1.54) is 55.5 Å². The maximum Gasteiger partial charge on any atom is 0.392 e. The molecule has 1 atom stereocenters. The van der Waals surface area contributed by atoms with Gasteiger partial charge in [0, 0.05) is 18.9 Å². The quantitative estimate of drug-likeness (QED) is 0.232. The molecule has 2 rings (SSSR count). The third-order valence-corrected chi connectivity index (χ3v) is 4.69. The lowest BCUT2D eigenvalue weighted by molar-refractivity contribution is -0.141. The summed E-state index contributed by atoms with van der Waals surface area (Å²) in [5.41, 5.74) is 0.636. The molecule has 37 heavy (non-hydrogen) atoms. The Kier molecular flexibility index (Phi) is 11.1. The van der Waals surface area contributed by atoms with Gasteiger partial charge in [-0.3, -0.25) is 14.4 Å². The van der Waals surface area contributed by atoms with Crippen LogP contribution in [-0.2, 0) is 20.7 Å². The van der Waals surface area contributed by atoms with Gasteiger partial charge in [0.2, 0.25) is 5.91 Å². The molecule has 0 radical (unpaired) electrons. The summed E-state index contributed by atoms with van der Waals surface area (Å²) in [6.45, 7) is -2.47. The molecule has 0 spiro atoms. The Morgan fingerprint density at radius 2 is 1.54 bits per heavy atom. The molecule has 0 heterocycles. The van der Waals surface area contributed by atoms with Crippen molar-refractivity contribution in [2.45, 2.75) is 38.6 Å². The van der Waals surface area contributed by atoms with E-state index < -0.39 is 49.6 Å². The molecule has 2 aromatic rings. The third-order valence-electron chi connectivity index (χ3n) is 4.69. The van der Waals surface area contributed by atoms with Crippen LogP contribution in [0.2, 0.25) is 0 Å². The molecule has 0 bridgehead atoms. The normalized spacial score (nSPS) is 12.0. The van der Waals surface area contributed by atoms with Gasteiger partial charge in [0.1, 0.15) is 24.1 Å². The molecule has 0 fully saturated rings. The SMILES string of the molecule is CC(=O)OCCNC(=O)[C@H](Cc1ccc(OC(F)F)cc1)NC(=O)c1ccc(OCCC(F)(F)F)cc1. The molecule has 0 saturated heterocycles. The second kappa shape index (κ2) is 14.0. The predicted octanol–water partition coefficient (Wildman–Crippen LogP) is 3.64. The molecule has 0 unspecified atom stereocenters. The number of alkyl halides is 5. The minimum Gasteiger partial charge on any atom is -0.493 e. The van der Waals surface area contributed by atoms with Crippen molar-refractivity contribution in [3.8, 4) is 11.5 Å². The Bertz CT molecular complexity index is 1030. The number of ether oxygens (including phenoxy) is 3. The monoisotopic (exact) mass is 532 g/mol. The summed E-state index contributed by atoms with van der Waals surface area (Å²) in [6, 6.07) is 9.67. The molecule has 0 saturated carbocycles. The molecule has 13 heteroatoms. The standard InChI is InChI=1S/C24H25F5N2O6/c1-15(32)35-13-11-30-22(34)20(14-16-2-6-19(7-3-16)37-23(25)26)31-21(33)17-4-8-18(9-5-17)36-12-10-24(27,28)29/h2-9,20,23H,10-14H2,1H3,(H,30,34)(H,31,33)/t20-/m0/s1. The minimum atomic E-state index is -4.36. The number of benzene rings is 2. The van der Waals surface area contributed by atoms with E-state index in [1.54, 1.807) is 0 Å². The van der Waals surface area contributed by atoms with Gasteiger partial charge in [-0.05, 0) is 42.0 Å². The summed E-state index contributed by atoms with van der Waals surface area (Å²) < 4.78 is 75.5. The highest BCUT2D eigenvalue weighted by Gasteiger charge is 2.27. The third kappa shape index (κ3) is 11.6. The number of hydrogen-bond donors (Lipinski definition) is 2. The first-order valence-electron chi connectivity index (χ1n) is 11.0. The molecule has 2 aromatic carbocycles. The maximum absolute atomic E-state index is 12.7. The summed E-state index contributed by atoms with van der Waals surface area (Å²) in [6.07, 6.45) is -5.50. The zero-order valence-corrected chi connectivity index (χ0v) is 19.6. The second-order valence-corrected chi connectivity index (χ2v) is 7.62. The topological polar surface area (TPSA) is 103 Å². The van der Waals surface area contributed by atoms with E-state index in [0.717, 1.165) is 0 Å². The van der Waals surface area contributed by atoms with Gasteiger partial charge >= 0.3 is 18.8 Å². The number of carbonyl (C=O) groups excluding carboxylic acids is 3. The van der Waals surface area contributed by atoms with Gasteiger partial charge in [0.25, 0.3) is 5.91 Å². The van der Waals surface area contributed by atoms with Crippen molar-refractivity contribution in [1.29, 1.82) is 0 Å². The average Bonchev–Trinajstić information content (AvgIpc) is 2.81. The van der Waals surface area contributed by atoms with Crippen molar-refractivity contribution in [1.82, 2.24) is 10.6 Å². The summed E-state index contributed by atoms with van der Waals surface area (Å²) in [5, 5.41) is 5.09. The van der Waals surface area contributed by atoms with Crippen LogP contribution in [0.25, 0.3) is 0 Å². The van der Waals surface area contributed by atoms with Gasteiger partial charge in [0.05, 0.1) is 19.6 Å². The highest BCUT2D eigenvalue weighted by Crippen LogP contribution is 2.21. The van der Waals surface area contributed by atoms with Crippen LogP contribution in [0.1, 0.15) is 29.3 Å². The highest BCUT2D eigenvalue weighted by atomic mass is 19.4. The lowest BCUT2D eigenvalue weighted by atomic mass is 10.0. The van der Waals surface area contributed by atoms with Crippen LogP contribution in [0.4, 0.5) is 22.0 Å². The summed E-state index contributed by atoms with van der Waals surface area (Å²) >= 11 is 0. The number of amides is 2. The Morgan fingerprint density at radius 3 is 2.11 bits per heavy atom. The lowest BCUT2D eigenvalue weighted by Gasteiger charge is -2.19. The van der Waals surface area contributed by atoms with Crippen LogP contribution in [0.5, 0.6) is 11.5 Å². The van der Waals surface area contributed by atoms with Crippen LogP contribution in [-0.4, -0.2) is 56.4 Å². The van der Waals surface area contributed by atoms with Crippen molar-refractivity contribution in [2.24, 2.45) is 0 Å². The number of halogens is 5. The Labute approximate surface area is 209 Å². The van der Waals surface area contributed by atoms with Crippen LogP contribution >= 0.6 is 0 Å². The molecule has 2 N–H and O–H groups in total. The van der Waals surface area contributed by atoms with E-state index in [4.69, 9.17) is 9.47 Å². The van der Waals surface area contributed by atoms with Crippen molar-refractivity contribution < 1.29 is 50.5 Å². The van der Waals surface area contributed by atoms with Crippen molar-refractivity contribution >= 4 is 17.8 Å². The van der Waals surface area contributed by atoms with E-state index in [0.29, 0.717) is 5.56 Å². The number of esters is 1. The Hall–Kier alpha value is -3.90. The van der Waals surface area contributed by atoms with Crippen LogP contribution in [0, 0.1) is 0 Å². The van der Waals surface area contributed by atoms with E-state index in [1.807, 2.05) is 0 Å². The smallest absolute Gasteiger partial charge is 0.392 e. The number of carbonyl (C=O) groups is 3. The fourth-order valence-corrected chi connectivity index (χ4v) is 2.97. The van der Waals surface area contributed by atoms with Gasteiger partial charge in [0.15, 0.2) is 0 Å². The van der Waals surface area contributed by atoms with E-state index in [2.05, 4.69) is 15.4 Å². The molecule has 8 nitrogen and oxygen atoms in total. The first-order chi connectivity index (χ1) is 17.4. The van der Waals surface area contributed by atoms with E-state index >= 15 is 0 Å². The maximum atomic E-state index is 12.7. The van der Waals surface area contributed by atoms with Crippen molar-refractivity contribution in [3.05, 3.63) is 59.7 Å². The summed E-state index contributed by atoms with van der Waals surface area (Å²) in [7, 11) is 0. The zero-order chi connectivity index (χ0) is 27.4. The van der Waals surface area contributed by atoms with Gasteiger partial charge in [-0.2, -0.15) is 22.0 Å². The first kappa shape index (κ1) is 29.3. The molecule has 202 valence electrons. The summed E-state index contributed by atoms with van der Waals surface area (Å²) in [4.78, 5) is 36.3. The Morgan fingerprint density at radius 1 is 0.919 bits per heavy atom. The van der Waals surface area contributed by atoms with Gasteiger partial charge in [-0.15, -0.1) is 0 Å². The average molecular weight is 532 g/mol. The highest BCUT2D eigenvalue weighted by molar-refractivity contribution is 5.97. The fourth-order valence-electron chi connectivity index (χ4n) is 2.97. The summed E-state index contributed by atoms with van der Waals surface area (Å²) in [5.74, 6) is -1.73. The second-order valence-electron chi connectivity index (χ2n) is 7.62. The van der Waals surface area contributed by atoms with E-state index in [9.17, 15) is 36.3 Å². The zero-order valence-electron chi connectivity index (χ0n) is 19.6.